The molecule has 0 spiro atoms. The molecule has 0 aromatic rings. The summed E-state index contributed by atoms with van der Waals surface area (Å²) in [5.74, 6) is 0.0349. The van der Waals surface area contributed by atoms with Crippen LogP contribution < -0.4 is 0 Å². The van der Waals surface area contributed by atoms with Crippen LogP contribution in [0, 0.1) is 16.7 Å². The minimum Gasteiger partial charge on any atom is -0.376 e. The Hall–Kier alpha value is -1.08. The Bertz CT molecular complexity index is 350. The normalized spacial score (nSPS) is 25.8. The van der Waals surface area contributed by atoms with E-state index in [2.05, 4.69) is 6.07 Å². The third-order valence-corrected chi connectivity index (χ3v) is 4.45. The summed E-state index contributed by atoms with van der Waals surface area (Å²) in [6.45, 7) is 4.11. The van der Waals surface area contributed by atoms with E-state index in [1.165, 1.54) is 0 Å². The SMILES string of the molecule is CCN(CC1CCCO1)C(=O)C1(C#N)CCCCC1. The minimum atomic E-state index is -0.757. The fourth-order valence-corrected chi connectivity index (χ4v) is 3.22. The number of carbonyl (C=O) groups excluding carboxylic acids is 1. The fraction of sp³-hybridized carbons (Fsp3) is 0.867. The van der Waals surface area contributed by atoms with Crippen LogP contribution in [0.5, 0.6) is 0 Å². The highest BCUT2D eigenvalue weighted by molar-refractivity contribution is 5.85. The van der Waals surface area contributed by atoms with Crippen LogP contribution >= 0.6 is 0 Å². The molecule has 106 valence electrons. The second-order valence-electron chi connectivity index (χ2n) is 5.73. The summed E-state index contributed by atoms with van der Waals surface area (Å²) < 4.78 is 5.61. The second-order valence-corrected chi connectivity index (χ2v) is 5.73. The van der Waals surface area contributed by atoms with Gasteiger partial charge in [0.1, 0.15) is 5.41 Å². The van der Waals surface area contributed by atoms with Gasteiger partial charge in [-0.3, -0.25) is 4.79 Å². The standard InChI is InChI=1S/C15H24N2O2/c1-2-17(11-13-7-6-10-19-13)14(18)15(12-16)8-4-3-5-9-15/h13H,2-11H2,1H3. The highest BCUT2D eigenvalue weighted by atomic mass is 16.5. The molecule has 1 amide bonds. The summed E-state index contributed by atoms with van der Waals surface area (Å²) in [4.78, 5) is 14.6. The van der Waals surface area contributed by atoms with Gasteiger partial charge < -0.3 is 9.64 Å². The van der Waals surface area contributed by atoms with Gasteiger partial charge in [-0.2, -0.15) is 5.26 Å². The molecule has 1 aliphatic carbocycles. The smallest absolute Gasteiger partial charge is 0.243 e. The lowest BCUT2D eigenvalue weighted by Crippen LogP contribution is -2.47. The van der Waals surface area contributed by atoms with Crippen molar-refractivity contribution in [1.82, 2.24) is 4.90 Å². The van der Waals surface area contributed by atoms with E-state index in [0.717, 1.165) is 51.6 Å². The lowest BCUT2D eigenvalue weighted by Gasteiger charge is -2.35. The third-order valence-electron chi connectivity index (χ3n) is 4.45. The average Bonchev–Trinajstić information content (AvgIpc) is 2.97. The number of likely N-dealkylation sites (N-methyl/N-ethyl adjacent to an activating group) is 1. The van der Waals surface area contributed by atoms with Gasteiger partial charge in [0.15, 0.2) is 0 Å². The maximum Gasteiger partial charge on any atom is 0.243 e. The van der Waals surface area contributed by atoms with Crippen molar-refractivity contribution < 1.29 is 9.53 Å². The Labute approximate surface area is 115 Å². The molecule has 0 aromatic carbocycles. The Balaban J connectivity index is 2.03. The number of nitriles is 1. The van der Waals surface area contributed by atoms with E-state index >= 15 is 0 Å². The Morgan fingerprint density at radius 1 is 1.37 bits per heavy atom. The van der Waals surface area contributed by atoms with Crippen molar-refractivity contribution in [3.05, 3.63) is 0 Å². The maximum atomic E-state index is 12.7. The van der Waals surface area contributed by atoms with Gasteiger partial charge >= 0.3 is 0 Å². The van der Waals surface area contributed by atoms with Crippen molar-refractivity contribution in [2.24, 2.45) is 5.41 Å². The monoisotopic (exact) mass is 264 g/mol. The van der Waals surface area contributed by atoms with Crippen molar-refractivity contribution >= 4 is 5.91 Å². The van der Waals surface area contributed by atoms with E-state index in [0.29, 0.717) is 13.1 Å². The molecule has 0 aromatic heterocycles. The van der Waals surface area contributed by atoms with Crippen LogP contribution in [-0.2, 0) is 9.53 Å². The summed E-state index contributed by atoms with van der Waals surface area (Å²) in [6.07, 6.45) is 6.88. The van der Waals surface area contributed by atoms with E-state index < -0.39 is 5.41 Å². The van der Waals surface area contributed by atoms with Gasteiger partial charge in [0.2, 0.25) is 5.91 Å². The molecule has 0 radical (unpaired) electrons. The van der Waals surface area contributed by atoms with Gasteiger partial charge in [-0.05, 0) is 32.6 Å². The summed E-state index contributed by atoms with van der Waals surface area (Å²) >= 11 is 0. The molecule has 0 bridgehead atoms. The van der Waals surface area contributed by atoms with Gasteiger partial charge in [0.25, 0.3) is 0 Å². The van der Waals surface area contributed by atoms with Gasteiger partial charge in [-0.1, -0.05) is 19.3 Å². The first kappa shape index (κ1) is 14.3. The highest BCUT2D eigenvalue weighted by Gasteiger charge is 2.42. The molecular weight excluding hydrogens is 240 g/mol. The molecule has 2 rings (SSSR count). The largest absolute Gasteiger partial charge is 0.376 e. The minimum absolute atomic E-state index is 0.0349. The van der Waals surface area contributed by atoms with Crippen LogP contribution in [0.25, 0.3) is 0 Å². The summed E-state index contributed by atoms with van der Waals surface area (Å²) in [5, 5.41) is 9.49. The topological polar surface area (TPSA) is 53.3 Å². The third kappa shape index (κ3) is 3.09. The van der Waals surface area contributed by atoms with Gasteiger partial charge in [-0.25, -0.2) is 0 Å². The molecule has 4 nitrogen and oxygen atoms in total. The molecule has 19 heavy (non-hydrogen) atoms. The number of hydrogen-bond acceptors (Lipinski definition) is 3. The zero-order valence-corrected chi connectivity index (χ0v) is 11.9. The highest BCUT2D eigenvalue weighted by Crippen LogP contribution is 2.37. The first-order chi connectivity index (χ1) is 9.22. The Kier molecular flexibility index (Phi) is 4.81. The molecule has 1 saturated carbocycles. The molecule has 1 aliphatic heterocycles. The zero-order valence-electron chi connectivity index (χ0n) is 11.9. The first-order valence-electron chi connectivity index (χ1n) is 7.54. The van der Waals surface area contributed by atoms with E-state index in [9.17, 15) is 10.1 Å². The number of amides is 1. The summed E-state index contributed by atoms with van der Waals surface area (Å²) in [7, 11) is 0. The maximum absolute atomic E-state index is 12.7. The lowest BCUT2D eigenvalue weighted by atomic mass is 9.74. The van der Waals surface area contributed by atoms with Crippen LogP contribution in [-0.4, -0.2) is 36.6 Å². The van der Waals surface area contributed by atoms with Crippen LogP contribution in [0.3, 0.4) is 0 Å². The summed E-state index contributed by atoms with van der Waals surface area (Å²) in [5.41, 5.74) is -0.757. The van der Waals surface area contributed by atoms with Gasteiger partial charge in [0.05, 0.1) is 12.2 Å². The predicted molar refractivity (Wildman–Crippen MR) is 72.4 cm³/mol. The van der Waals surface area contributed by atoms with Crippen molar-refractivity contribution in [2.75, 3.05) is 19.7 Å². The molecule has 1 heterocycles. The number of carbonyl (C=O) groups is 1. The number of hydrogen-bond donors (Lipinski definition) is 0. The molecular formula is C15H24N2O2. The molecule has 0 N–H and O–H groups in total. The molecule has 1 unspecified atom stereocenters. The lowest BCUT2D eigenvalue weighted by molar-refractivity contribution is -0.142. The van der Waals surface area contributed by atoms with Crippen LogP contribution in [0.15, 0.2) is 0 Å². The van der Waals surface area contributed by atoms with Crippen molar-refractivity contribution in [1.29, 1.82) is 5.26 Å². The zero-order chi connectivity index (χ0) is 13.7. The quantitative estimate of drug-likeness (QED) is 0.784. The number of rotatable bonds is 4. The van der Waals surface area contributed by atoms with Crippen molar-refractivity contribution in [3.63, 3.8) is 0 Å². The van der Waals surface area contributed by atoms with E-state index in [1.807, 2.05) is 11.8 Å². The van der Waals surface area contributed by atoms with E-state index in [1.54, 1.807) is 0 Å². The van der Waals surface area contributed by atoms with Crippen molar-refractivity contribution in [2.45, 2.75) is 58.0 Å². The van der Waals surface area contributed by atoms with E-state index in [-0.39, 0.29) is 12.0 Å². The van der Waals surface area contributed by atoms with Crippen molar-refractivity contribution in [3.8, 4) is 6.07 Å². The van der Waals surface area contributed by atoms with Gasteiger partial charge in [-0.15, -0.1) is 0 Å². The first-order valence-corrected chi connectivity index (χ1v) is 7.54. The van der Waals surface area contributed by atoms with Crippen LogP contribution in [0.4, 0.5) is 0 Å². The van der Waals surface area contributed by atoms with Crippen LogP contribution in [0.1, 0.15) is 51.9 Å². The molecule has 4 heteroatoms. The van der Waals surface area contributed by atoms with Crippen LogP contribution in [0.2, 0.25) is 0 Å². The number of nitrogens with zero attached hydrogens (tertiary/aromatic N) is 2. The molecule has 2 aliphatic rings. The fourth-order valence-electron chi connectivity index (χ4n) is 3.22. The molecule has 2 fully saturated rings. The Morgan fingerprint density at radius 3 is 2.63 bits per heavy atom. The Morgan fingerprint density at radius 2 is 2.11 bits per heavy atom. The second kappa shape index (κ2) is 6.38. The molecule has 1 atom stereocenters. The molecule has 1 saturated heterocycles. The van der Waals surface area contributed by atoms with Gasteiger partial charge in [0, 0.05) is 19.7 Å². The predicted octanol–water partition coefficient (Wildman–Crippen LogP) is 2.49. The average molecular weight is 264 g/mol. The van der Waals surface area contributed by atoms with E-state index in [4.69, 9.17) is 4.74 Å². The number of ether oxygens (including phenoxy) is 1. The summed E-state index contributed by atoms with van der Waals surface area (Å²) in [6, 6.07) is 2.32.